The lowest BCUT2D eigenvalue weighted by Crippen LogP contribution is -2.49. The van der Waals surface area contributed by atoms with Gasteiger partial charge in [-0.2, -0.15) is 0 Å². The summed E-state index contributed by atoms with van der Waals surface area (Å²) in [5.74, 6) is 0.0743. The van der Waals surface area contributed by atoms with E-state index in [1.807, 2.05) is 13.8 Å². The third-order valence-electron chi connectivity index (χ3n) is 4.73. The van der Waals surface area contributed by atoms with E-state index in [9.17, 15) is 14.0 Å². The zero-order valence-corrected chi connectivity index (χ0v) is 20.0. The first-order chi connectivity index (χ1) is 14.9. The zero-order chi connectivity index (χ0) is 22.8. The summed E-state index contributed by atoms with van der Waals surface area (Å²) in [5.41, 5.74) is 1.54. The van der Waals surface area contributed by atoms with Gasteiger partial charge in [0.2, 0.25) is 11.8 Å². The first-order valence-corrected chi connectivity index (χ1v) is 12.1. The van der Waals surface area contributed by atoms with Gasteiger partial charge in [0.15, 0.2) is 0 Å². The van der Waals surface area contributed by atoms with Gasteiger partial charge in [-0.05, 0) is 42.7 Å². The van der Waals surface area contributed by atoms with Crippen LogP contribution in [0.3, 0.4) is 0 Å². The number of hydrogen-bond donors (Lipinski definition) is 1. The van der Waals surface area contributed by atoms with Crippen LogP contribution in [0.1, 0.15) is 37.8 Å². The van der Waals surface area contributed by atoms with Crippen molar-refractivity contribution in [2.24, 2.45) is 0 Å². The molecular formula is C23H27Cl2FN2O2S. The Labute approximate surface area is 197 Å². The van der Waals surface area contributed by atoms with E-state index >= 15 is 0 Å². The Kier molecular flexibility index (Phi) is 10.6. The molecular weight excluding hydrogens is 458 g/mol. The summed E-state index contributed by atoms with van der Waals surface area (Å²) in [6.45, 7) is 4.53. The molecule has 0 aromatic heterocycles. The van der Waals surface area contributed by atoms with Crippen LogP contribution in [0.15, 0.2) is 42.5 Å². The lowest BCUT2D eigenvalue weighted by Gasteiger charge is -2.31. The summed E-state index contributed by atoms with van der Waals surface area (Å²) < 4.78 is 13.1. The number of benzene rings is 2. The number of hydrogen-bond acceptors (Lipinski definition) is 3. The standard InChI is InChI=1S/C23H27Cl2FN2O2S/c1-3-12-27-23(30)21(4-2)28(13-18-19(24)6-5-7-20(18)25)22(29)15-31-14-16-8-10-17(26)11-9-16/h5-11,21H,3-4,12-15H2,1-2H3,(H,27,30)/t21-/m0/s1. The minimum absolute atomic E-state index is 0.145. The third-order valence-corrected chi connectivity index (χ3v) is 6.43. The van der Waals surface area contributed by atoms with Crippen molar-refractivity contribution >= 4 is 46.8 Å². The van der Waals surface area contributed by atoms with Gasteiger partial charge in [0.1, 0.15) is 11.9 Å². The number of thioether (sulfide) groups is 1. The highest BCUT2D eigenvalue weighted by Crippen LogP contribution is 2.27. The Hall–Kier alpha value is -1.76. The van der Waals surface area contributed by atoms with E-state index in [2.05, 4.69) is 5.32 Å². The molecule has 0 aliphatic rings. The van der Waals surface area contributed by atoms with E-state index in [1.165, 1.54) is 23.9 Å². The fourth-order valence-electron chi connectivity index (χ4n) is 3.06. The van der Waals surface area contributed by atoms with Crippen LogP contribution in [-0.2, 0) is 21.9 Å². The fraction of sp³-hybridized carbons (Fsp3) is 0.391. The lowest BCUT2D eigenvalue weighted by molar-refractivity contribution is -0.139. The van der Waals surface area contributed by atoms with Crippen LogP contribution in [0, 0.1) is 5.82 Å². The maximum Gasteiger partial charge on any atom is 0.242 e. The third kappa shape index (κ3) is 7.70. The molecule has 2 amide bonds. The highest BCUT2D eigenvalue weighted by atomic mass is 35.5. The van der Waals surface area contributed by atoms with Crippen molar-refractivity contribution < 1.29 is 14.0 Å². The Morgan fingerprint density at radius 3 is 2.32 bits per heavy atom. The molecule has 0 saturated heterocycles. The topological polar surface area (TPSA) is 49.4 Å². The van der Waals surface area contributed by atoms with E-state index < -0.39 is 6.04 Å². The minimum Gasteiger partial charge on any atom is -0.354 e. The molecule has 168 valence electrons. The van der Waals surface area contributed by atoms with Crippen molar-refractivity contribution in [1.82, 2.24) is 10.2 Å². The monoisotopic (exact) mass is 484 g/mol. The van der Waals surface area contributed by atoms with Gasteiger partial charge in [0.25, 0.3) is 0 Å². The van der Waals surface area contributed by atoms with Crippen LogP contribution >= 0.6 is 35.0 Å². The van der Waals surface area contributed by atoms with Gasteiger partial charge in [-0.25, -0.2) is 4.39 Å². The highest BCUT2D eigenvalue weighted by Gasteiger charge is 2.29. The largest absolute Gasteiger partial charge is 0.354 e. The Morgan fingerprint density at radius 1 is 1.10 bits per heavy atom. The number of rotatable bonds is 11. The first-order valence-electron chi connectivity index (χ1n) is 10.2. The summed E-state index contributed by atoms with van der Waals surface area (Å²) in [5, 5.41) is 3.78. The van der Waals surface area contributed by atoms with Crippen LogP contribution in [0.5, 0.6) is 0 Å². The van der Waals surface area contributed by atoms with Gasteiger partial charge in [0.05, 0.1) is 5.75 Å². The van der Waals surface area contributed by atoms with Gasteiger partial charge in [-0.3, -0.25) is 9.59 Å². The Balaban J connectivity index is 2.17. The number of carbonyl (C=O) groups excluding carboxylic acids is 2. The normalized spacial score (nSPS) is 11.8. The van der Waals surface area contributed by atoms with Gasteiger partial charge >= 0.3 is 0 Å². The van der Waals surface area contributed by atoms with Crippen LogP contribution in [0.25, 0.3) is 0 Å². The molecule has 0 aliphatic carbocycles. The summed E-state index contributed by atoms with van der Waals surface area (Å²) in [7, 11) is 0. The van der Waals surface area contributed by atoms with E-state index in [4.69, 9.17) is 23.2 Å². The second-order valence-corrected chi connectivity index (χ2v) is 8.86. The molecule has 0 aliphatic heterocycles. The van der Waals surface area contributed by atoms with Crippen LogP contribution < -0.4 is 5.32 Å². The molecule has 0 unspecified atom stereocenters. The molecule has 4 nitrogen and oxygen atoms in total. The van der Waals surface area contributed by atoms with Gasteiger partial charge in [-0.1, -0.05) is 55.2 Å². The molecule has 1 N–H and O–H groups in total. The van der Waals surface area contributed by atoms with Gasteiger partial charge in [0, 0.05) is 34.5 Å². The quantitative estimate of drug-likeness (QED) is 0.444. The fourth-order valence-corrected chi connectivity index (χ4v) is 4.45. The van der Waals surface area contributed by atoms with Crippen molar-refractivity contribution in [1.29, 1.82) is 0 Å². The molecule has 31 heavy (non-hydrogen) atoms. The second-order valence-electron chi connectivity index (χ2n) is 7.06. The van der Waals surface area contributed by atoms with Crippen molar-refractivity contribution in [2.75, 3.05) is 12.3 Å². The summed E-state index contributed by atoms with van der Waals surface area (Å²) in [6, 6.07) is 10.7. The maximum absolute atomic E-state index is 13.2. The summed E-state index contributed by atoms with van der Waals surface area (Å²) in [6.07, 6.45) is 1.27. The summed E-state index contributed by atoms with van der Waals surface area (Å²) >= 11 is 14.1. The van der Waals surface area contributed by atoms with Crippen molar-refractivity contribution in [3.8, 4) is 0 Å². The second kappa shape index (κ2) is 12.9. The number of nitrogens with zero attached hydrogens (tertiary/aromatic N) is 1. The molecule has 0 heterocycles. The smallest absolute Gasteiger partial charge is 0.242 e. The van der Waals surface area contributed by atoms with E-state index in [-0.39, 0.29) is 29.9 Å². The maximum atomic E-state index is 13.2. The number of carbonyl (C=O) groups is 2. The number of amides is 2. The van der Waals surface area contributed by atoms with Crippen molar-refractivity contribution in [3.05, 3.63) is 69.5 Å². The molecule has 0 bridgehead atoms. The van der Waals surface area contributed by atoms with E-state index in [0.29, 0.717) is 34.3 Å². The van der Waals surface area contributed by atoms with E-state index in [1.54, 1.807) is 35.2 Å². The van der Waals surface area contributed by atoms with E-state index in [0.717, 1.165) is 12.0 Å². The molecule has 0 radical (unpaired) electrons. The van der Waals surface area contributed by atoms with Gasteiger partial charge in [-0.15, -0.1) is 11.8 Å². The molecule has 8 heteroatoms. The molecule has 0 fully saturated rings. The Bertz CT molecular complexity index is 860. The lowest BCUT2D eigenvalue weighted by atomic mass is 10.1. The average Bonchev–Trinajstić information content (AvgIpc) is 2.75. The van der Waals surface area contributed by atoms with Crippen molar-refractivity contribution in [3.63, 3.8) is 0 Å². The number of halogens is 3. The van der Waals surface area contributed by atoms with Crippen LogP contribution in [0.4, 0.5) is 4.39 Å². The molecule has 2 rings (SSSR count). The predicted molar refractivity (Wildman–Crippen MR) is 127 cm³/mol. The molecule has 0 spiro atoms. The van der Waals surface area contributed by atoms with Crippen molar-refractivity contribution in [2.45, 2.75) is 45.0 Å². The van der Waals surface area contributed by atoms with Crippen LogP contribution in [-0.4, -0.2) is 35.1 Å². The van der Waals surface area contributed by atoms with Crippen LogP contribution in [0.2, 0.25) is 10.0 Å². The zero-order valence-electron chi connectivity index (χ0n) is 17.7. The molecule has 1 atom stereocenters. The first kappa shape index (κ1) is 25.5. The molecule has 0 saturated carbocycles. The Morgan fingerprint density at radius 2 is 1.74 bits per heavy atom. The molecule has 2 aromatic carbocycles. The predicted octanol–water partition coefficient (Wildman–Crippen LogP) is 5.70. The SMILES string of the molecule is CCCNC(=O)[C@H](CC)N(Cc1c(Cl)cccc1Cl)C(=O)CSCc1ccc(F)cc1. The number of nitrogens with one attached hydrogen (secondary N) is 1. The van der Waals surface area contributed by atoms with Gasteiger partial charge < -0.3 is 10.2 Å². The highest BCUT2D eigenvalue weighted by molar-refractivity contribution is 7.99. The summed E-state index contributed by atoms with van der Waals surface area (Å²) in [4.78, 5) is 27.5. The average molecular weight is 485 g/mol. The minimum atomic E-state index is -0.627. The molecule has 2 aromatic rings.